The second-order valence-electron chi connectivity index (χ2n) is 6.37. The maximum atomic E-state index is 13.7. The van der Waals surface area contributed by atoms with E-state index in [0.717, 1.165) is 6.07 Å². The van der Waals surface area contributed by atoms with Gasteiger partial charge in [-0.15, -0.1) is 0 Å². The summed E-state index contributed by atoms with van der Waals surface area (Å²) in [5.74, 6) is -1.20. The lowest BCUT2D eigenvalue weighted by atomic mass is 10.2. The summed E-state index contributed by atoms with van der Waals surface area (Å²) < 4.78 is 28.0. The van der Waals surface area contributed by atoms with Crippen LogP contribution in [0.4, 0.5) is 8.78 Å². The third-order valence-electron chi connectivity index (χ3n) is 4.30. The number of carbonyl (C=O) groups is 1. The largest absolute Gasteiger partial charge is 0.350 e. The summed E-state index contributed by atoms with van der Waals surface area (Å²) in [6, 6.07) is 10.9. The average molecular weight is 418 g/mol. The van der Waals surface area contributed by atoms with Gasteiger partial charge in [0.2, 0.25) is 5.91 Å². The van der Waals surface area contributed by atoms with Crippen LogP contribution >= 0.6 is 11.6 Å². The van der Waals surface area contributed by atoms with Crippen molar-refractivity contribution in [1.29, 1.82) is 0 Å². The summed E-state index contributed by atoms with van der Waals surface area (Å²) in [5.41, 5.74) is 1.07. The molecule has 0 spiro atoms. The highest BCUT2D eigenvalue weighted by atomic mass is 35.5. The Bertz CT molecular complexity index is 1120. The summed E-state index contributed by atoms with van der Waals surface area (Å²) in [4.78, 5) is 29.4. The number of aryl methyl sites for hydroxylation is 1. The fourth-order valence-corrected chi connectivity index (χ4v) is 3.03. The van der Waals surface area contributed by atoms with Gasteiger partial charge in [0.1, 0.15) is 24.0 Å². The van der Waals surface area contributed by atoms with Gasteiger partial charge in [0.15, 0.2) is 0 Å². The zero-order valence-electron chi connectivity index (χ0n) is 15.6. The summed E-state index contributed by atoms with van der Waals surface area (Å²) in [6.45, 7) is 1.61. The first kappa shape index (κ1) is 20.7. The van der Waals surface area contributed by atoms with Crippen molar-refractivity contribution in [1.82, 2.24) is 14.9 Å². The molecule has 2 aromatic carbocycles. The molecule has 3 rings (SSSR count). The normalized spacial score (nSPS) is 10.8. The van der Waals surface area contributed by atoms with Crippen molar-refractivity contribution in [2.45, 2.75) is 26.4 Å². The maximum Gasteiger partial charge on any atom is 0.254 e. The van der Waals surface area contributed by atoms with Gasteiger partial charge >= 0.3 is 0 Å². The van der Waals surface area contributed by atoms with Crippen molar-refractivity contribution in [3.8, 4) is 11.4 Å². The molecule has 0 saturated heterocycles. The molecule has 5 nitrogen and oxygen atoms in total. The van der Waals surface area contributed by atoms with Gasteiger partial charge in [-0.3, -0.25) is 14.2 Å². The SMILES string of the molecule is CCc1cc(=O)n(CC(=O)NCc2ccc(F)cc2Cl)c(-c2cccc(F)c2)n1. The number of benzene rings is 2. The molecule has 0 aliphatic rings. The predicted octanol–water partition coefficient (Wildman–Crippen LogP) is 3.72. The highest BCUT2D eigenvalue weighted by Crippen LogP contribution is 2.18. The Hall–Kier alpha value is -3.06. The van der Waals surface area contributed by atoms with Gasteiger partial charge in [-0.2, -0.15) is 0 Å². The molecule has 1 N–H and O–H groups in total. The molecule has 0 bridgehead atoms. The molecule has 1 heterocycles. The van der Waals surface area contributed by atoms with Gasteiger partial charge in [0.25, 0.3) is 5.56 Å². The van der Waals surface area contributed by atoms with E-state index in [1.165, 1.54) is 41.0 Å². The van der Waals surface area contributed by atoms with Crippen LogP contribution in [-0.4, -0.2) is 15.5 Å². The Labute approximate surface area is 171 Å². The van der Waals surface area contributed by atoms with Crippen molar-refractivity contribution >= 4 is 17.5 Å². The van der Waals surface area contributed by atoms with Crippen LogP contribution in [-0.2, 0) is 24.3 Å². The number of rotatable bonds is 6. The Morgan fingerprint density at radius 1 is 1.14 bits per heavy atom. The van der Waals surface area contributed by atoms with E-state index in [4.69, 9.17) is 11.6 Å². The number of halogens is 3. The van der Waals surface area contributed by atoms with Crippen molar-refractivity contribution in [3.63, 3.8) is 0 Å². The third-order valence-corrected chi connectivity index (χ3v) is 4.65. The standard InChI is InChI=1S/C21H18ClF2N3O2/c1-2-17-10-20(29)27(21(26-17)13-4-3-5-15(23)8-13)12-19(28)25-11-14-6-7-16(24)9-18(14)22/h3-10H,2,11-12H2,1H3,(H,25,28). The average Bonchev–Trinajstić information content (AvgIpc) is 2.68. The molecule has 0 saturated carbocycles. The molecule has 0 radical (unpaired) electrons. The monoisotopic (exact) mass is 417 g/mol. The van der Waals surface area contributed by atoms with Crippen LogP contribution in [0.3, 0.4) is 0 Å². The van der Waals surface area contributed by atoms with Crippen LogP contribution < -0.4 is 10.9 Å². The molecule has 1 amide bonds. The van der Waals surface area contributed by atoms with Crippen molar-refractivity contribution in [2.75, 3.05) is 0 Å². The molecule has 0 unspecified atom stereocenters. The van der Waals surface area contributed by atoms with Gasteiger partial charge in [-0.1, -0.05) is 36.7 Å². The van der Waals surface area contributed by atoms with Crippen molar-refractivity contribution in [3.05, 3.63) is 86.8 Å². The zero-order chi connectivity index (χ0) is 21.0. The van der Waals surface area contributed by atoms with Gasteiger partial charge in [-0.05, 0) is 36.2 Å². The highest BCUT2D eigenvalue weighted by molar-refractivity contribution is 6.31. The summed E-state index contributed by atoms with van der Waals surface area (Å²) in [5, 5.41) is 2.84. The van der Waals surface area contributed by atoms with Crippen LogP contribution in [0.5, 0.6) is 0 Å². The van der Waals surface area contributed by atoms with Crippen LogP contribution in [0.2, 0.25) is 5.02 Å². The van der Waals surface area contributed by atoms with Gasteiger partial charge in [0.05, 0.1) is 0 Å². The number of nitrogens with one attached hydrogen (secondary N) is 1. The minimum atomic E-state index is -0.474. The summed E-state index contributed by atoms with van der Waals surface area (Å²) in [7, 11) is 0. The molecule has 1 aromatic heterocycles. The molecule has 0 aliphatic heterocycles. The summed E-state index contributed by atoms with van der Waals surface area (Å²) in [6.07, 6.45) is 0.521. The topological polar surface area (TPSA) is 64.0 Å². The smallest absolute Gasteiger partial charge is 0.254 e. The molecule has 0 atom stereocenters. The van der Waals surface area contributed by atoms with E-state index in [2.05, 4.69) is 10.3 Å². The predicted molar refractivity (Wildman–Crippen MR) is 107 cm³/mol. The minimum absolute atomic E-state index is 0.0719. The van der Waals surface area contributed by atoms with Gasteiger partial charge in [-0.25, -0.2) is 13.8 Å². The quantitative estimate of drug-likeness (QED) is 0.664. The van der Waals surface area contributed by atoms with E-state index in [9.17, 15) is 18.4 Å². The molecule has 0 aliphatic carbocycles. The molecule has 29 heavy (non-hydrogen) atoms. The fraction of sp³-hybridized carbons (Fsp3) is 0.190. The van der Waals surface area contributed by atoms with E-state index in [1.807, 2.05) is 6.92 Å². The van der Waals surface area contributed by atoms with E-state index in [0.29, 0.717) is 23.2 Å². The second kappa shape index (κ2) is 8.96. The molecule has 8 heteroatoms. The van der Waals surface area contributed by atoms with E-state index in [1.54, 1.807) is 6.07 Å². The van der Waals surface area contributed by atoms with Gasteiger partial charge in [0, 0.05) is 28.9 Å². The van der Waals surface area contributed by atoms with Crippen LogP contribution in [0.1, 0.15) is 18.2 Å². The number of hydrogen-bond donors (Lipinski definition) is 1. The highest BCUT2D eigenvalue weighted by Gasteiger charge is 2.14. The first-order valence-corrected chi connectivity index (χ1v) is 9.32. The van der Waals surface area contributed by atoms with E-state index < -0.39 is 23.1 Å². The first-order chi connectivity index (χ1) is 13.9. The Morgan fingerprint density at radius 2 is 1.90 bits per heavy atom. The first-order valence-electron chi connectivity index (χ1n) is 8.94. The van der Waals surface area contributed by atoms with Crippen molar-refractivity contribution in [2.24, 2.45) is 0 Å². The van der Waals surface area contributed by atoms with Crippen LogP contribution in [0.25, 0.3) is 11.4 Å². The lowest BCUT2D eigenvalue weighted by molar-refractivity contribution is -0.121. The zero-order valence-corrected chi connectivity index (χ0v) is 16.3. The maximum absolute atomic E-state index is 13.7. The number of carbonyl (C=O) groups excluding carboxylic acids is 1. The Balaban J connectivity index is 1.86. The molecule has 0 fully saturated rings. The Morgan fingerprint density at radius 3 is 2.59 bits per heavy atom. The van der Waals surface area contributed by atoms with Crippen molar-refractivity contribution < 1.29 is 13.6 Å². The van der Waals surface area contributed by atoms with E-state index >= 15 is 0 Å². The minimum Gasteiger partial charge on any atom is -0.350 e. The Kier molecular flexibility index (Phi) is 6.39. The number of amides is 1. The lowest BCUT2D eigenvalue weighted by Crippen LogP contribution is -2.33. The molecular formula is C21H18ClF2N3O2. The summed E-state index contributed by atoms with van der Waals surface area (Å²) >= 11 is 5.96. The van der Waals surface area contributed by atoms with Crippen LogP contribution in [0, 0.1) is 11.6 Å². The lowest BCUT2D eigenvalue weighted by Gasteiger charge is -2.14. The molecule has 150 valence electrons. The molecular weight excluding hydrogens is 400 g/mol. The fourth-order valence-electron chi connectivity index (χ4n) is 2.79. The second-order valence-corrected chi connectivity index (χ2v) is 6.78. The van der Waals surface area contributed by atoms with Gasteiger partial charge < -0.3 is 5.32 Å². The number of nitrogens with zero attached hydrogens (tertiary/aromatic N) is 2. The molecule has 3 aromatic rings. The number of aromatic nitrogens is 2. The van der Waals surface area contributed by atoms with E-state index in [-0.39, 0.29) is 23.9 Å². The number of hydrogen-bond acceptors (Lipinski definition) is 3. The third kappa shape index (κ3) is 5.06. The van der Waals surface area contributed by atoms with Crippen LogP contribution in [0.15, 0.2) is 53.3 Å².